The van der Waals surface area contributed by atoms with Crippen molar-refractivity contribution in [2.45, 2.75) is 6.92 Å². The zero-order valence-corrected chi connectivity index (χ0v) is 12.8. The number of aromatic nitrogens is 2. The summed E-state index contributed by atoms with van der Waals surface area (Å²) in [5.74, 6) is 1.31. The number of nitrogens with two attached hydrogens (primary N) is 1. The van der Waals surface area contributed by atoms with Gasteiger partial charge in [0.1, 0.15) is 17.3 Å². The second-order valence-electron chi connectivity index (χ2n) is 4.50. The fourth-order valence-corrected chi connectivity index (χ4v) is 2.69. The van der Waals surface area contributed by atoms with Crippen LogP contribution in [-0.2, 0) is 0 Å². The van der Waals surface area contributed by atoms with Crippen LogP contribution in [-0.4, -0.2) is 16.0 Å². The number of nitrogens with zero attached hydrogens (tertiary/aromatic N) is 2. The predicted octanol–water partition coefficient (Wildman–Crippen LogP) is 4.29. The third-order valence-electron chi connectivity index (χ3n) is 3.12. The number of benzene rings is 1. The number of hydrogen-bond acceptors (Lipinski definition) is 3. The summed E-state index contributed by atoms with van der Waals surface area (Å²) in [5.41, 5.74) is 8.31. The molecule has 2 heterocycles. The lowest BCUT2D eigenvalue weighted by Crippen LogP contribution is -1.94. The Hall–Kier alpha value is -1.91. The van der Waals surface area contributed by atoms with Gasteiger partial charge in [0.25, 0.3) is 0 Å². The second-order valence-corrected chi connectivity index (χ2v) is 5.35. The van der Waals surface area contributed by atoms with Crippen molar-refractivity contribution in [2.24, 2.45) is 0 Å². The highest BCUT2D eigenvalue weighted by molar-refractivity contribution is 6.36. The van der Waals surface area contributed by atoms with Crippen LogP contribution in [0.25, 0.3) is 16.9 Å². The van der Waals surface area contributed by atoms with E-state index >= 15 is 0 Å². The average Bonchev–Trinajstić information content (AvgIpc) is 2.78. The van der Waals surface area contributed by atoms with E-state index in [2.05, 4.69) is 4.98 Å². The number of imidazole rings is 1. The van der Waals surface area contributed by atoms with Gasteiger partial charge in [0.15, 0.2) is 5.65 Å². The van der Waals surface area contributed by atoms with E-state index < -0.39 is 0 Å². The molecule has 3 aromatic rings. The topological polar surface area (TPSA) is 52.5 Å². The molecule has 3 rings (SSSR count). The van der Waals surface area contributed by atoms with E-state index in [-0.39, 0.29) is 0 Å². The van der Waals surface area contributed by atoms with E-state index in [0.29, 0.717) is 33.8 Å². The Labute approximate surface area is 132 Å². The summed E-state index contributed by atoms with van der Waals surface area (Å²) in [6, 6.07) is 9.25. The van der Waals surface area contributed by atoms with E-state index in [4.69, 9.17) is 33.7 Å². The number of pyridine rings is 1. The van der Waals surface area contributed by atoms with Gasteiger partial charge in [-0.15, -0.1) is 0 Å². The Morgan fingerprint density at radius 3 is 2.62 bits per heavy atom. The van der Waals surface area contributed by atoms with Crippen molar-refractivity contribution < 1.29 is 4.74 Å². The number of rotatable bonds is 3. The molecule has 0 amide bonds. The molecule has 0 saturated carbocycles. The number of nitrogen functional groups attached to an aromatic ring is 1. The molecule has 2 N–H and O–H groups in total. The summed E-state index contributed by atoms with van der Waals surface area (Å²) in [7, 11) is 0. The van der Waals surface area contributed by atoms with Crippen LogP contribution in [0.15, 0.2) is 36.5 Å². The van der Waals surface area contributed by atoms with Gasteiger partial charge >= 0.3 is 0 Å². The first-order chi connectivity index (χ1) is 10.1. The normalized spacial score (nSPS) is 11.0. The molecular weight excluding hydrogens is 309 g/mol. The van der Waals surface area contributed by atoms with Crippen LogP contribution in [0.3, 0.4) is 0 Å². The zero-order chi connectivity index (χ0) is 15.0. The van der Waals surface area contributed by atoms with Crippen molar-refractivity contribution in [1.82, 2.24) is 9.38 Å². The first kappa shape index (κ1) is 14.0. The molecule has 0 aliphatic heterocycles. The maximum Gasteiger partial charge on any atom is 0.158 e. The summed E-state index contributed by atoms with van der Waals surface area (Å²) in [6.45, 7) is 2.57. The van der Waals surface area contributed by atoms with Gasteiger partial charge in [-0.1, -0.05) is 23.2 Å². The molecule has 0 spiro atoms. The van der Waals surface area contributed by atoms with Crippen LogP contribution in [0.4, 0.5) is 5.82 Å². The third-order valence-corrected chi connectivity index (χ3v) is 3.60. The van der Waals surface area contributed by atoms with Crippen molar-refractivity contribution in [1.29, 1.82) is 0 Å². The van der Waals surface area contributed by atoms with Gasteiger partial charge in [-0.2, -0.15) is 0 Å². The summed E-state index contributed by atoms with van der Waals surface area (Å²) >= 11 is 12.2. The molecule has 0 aliphatic carbocycles. The van der Waals surface area contributed by atoms with Crippen molar-refractivity contribution in [3.8, 4) is 17.0 Å². The Morgan fingerprint density at radius 2 is 1.95 bits per heavy atom. The Morgan fingerprint density at radius 1 is 1.24 bits per heavy atom. The fraction of sp³-hybridized carbons (Fsp3) is 0.133. The van der Waals surface area contributed by atoms with E-state index in [9.17, 15) is 0 Å². The van der Waals surface area contributed by atoms with Gasteiger partial charge in [0.2, 0.25) is 0 Å². The summed E-state index contributed by atoms with van der Waals surface area (Å²) in [6.07, 6.45) is 1.70. The third kappa shape index (κ3) is 2.52. The minimum atomic E-state index is 0.464. The highest BCUT2D eigenvalue weighted by atomic mass is 35.5. The fourth-order valence-electron chi connectivity index (χ4n) is 2.18. The van der Waals surface area contributed by atoms with Crippen molar-refractivity contribution >= 4 is 34.7 Å². The van der Waals surface area contributed by atoms with Gasteiger partial charge in [0, 0.05) is 11.8 Å². The van der Waals surface area contributed by atoms with E-state index in [0.717, 1.165) is 11.3 Å². The highest BCUT2D eigenvalue weighted by Crippen LogP contribution is 2.31. The van der Waals surface area contributed by atoms with Crippen LogP contribution in [0.1, 0.15) is 6.92 Å². The van der Waals surface area contributed by atoms with Crippen LogP contribution in [0.2, 0.25) is 10.0 Å². The van der Waals surface area contributed by atoms with Gasteiger partial charge in [-0.25, -0.2) is 4.98 Å². The Kier molecular flexibility index (Phi) is 3.66. The molecule has 0 aliphatic rings. The van der Waals surface area contributed by atoms with Gasteiger partial charge in [-0.3, -0.25) is 4.40 Å². The molecule has 0 unspecified atom stereocenters. The number of halogens is 2. The number of anilines is 1. The van der Waals surface area contributed by atoms with Gasteiger partial charge < -0.3 is 10.5 Å². The lowest BCUT2D eigenvalue weighted by molar-refractivity contribution is 0.340. The average molecular weight is 322 g/mol. The molecule has 0 bridgehead atoms. The molecule has 4 nitrogen and oxygen atoms in total. The van der Waals surface area contributed by atoms with Crippen LogP contribution in [0.5, 0.6) is 5.75 Å². The summed E-state index contributed by atoms with van der Waals surface area (Å²) in [5, 5.41) is 0.973. The Balaban J connectivity index is 2.12. The minimum absolute atomic E-state index is 0.464. The number of ether oxygens (including phenoxy) is 1. The van der Waals surface area contributed by atoms with E-state index in [1.54, 1.807) is 16.7 Å². The smallest absolute Gasteiger partial charge is 0.158 e. The molecule has 0 radical (unpaired) electrons. The first-order valence-electron chi connectivity index (χ1n) is 6.46. The number of hydrogen-bond donors (Lipinski definition) is 1. The maximum absolute atomic E-state index is 6.16. The second kappa shape index (κ2) is 5.47. The highest BCUT2D eigenvalue weighted by Gasteiger charge is 2.14. The summed E-state index contributed by atoms with van der Waals surface area (Å²) < 4.78 is 7.12. The Bertz CT molecular complexity index is 797. The quantitative estimate of drug-likeness (QED) is 0.782. The largest absolute Gasteiger partial charge is 0.494 e. The molecule has 0 fully saturated rings. The standard InChI is InChI=1S/C15H13Cl2N3O/c1-2-21-11-5-3-9(4-6-11)13-14(18)20-8-10(16)7-12(17)15(20)19-13/h3-8H,2,18H2,1H3. The maximum atomic E-state index is 6.16. The monoisotopic (exact) mass is 321 g/mol. The number of fused-ring (bicyclic) bond motifs is 1. The predicted molar refractivity (Wildman–Crippen MR) is 86.2 cm³/mol. The molecule has 21 heavy (non-hydrogen) atoms. The molecule has 0 atom stereocenters. The summed E-state index contributed by atoms with van der Waals surface area (Å²) in [4.78, 5) is 4.51. The molecular formula is C15H13Cl2N3O. The minimum Gasteiger partial charge on any atom is -0.494 e. The van der Waals surface area contributed by atoms with Gasteiger partial charge in [0.05, 0.1) is 16.7 Å². The van der Waals surface area contributed by atoms with Gasteiger partial charge in [-0.05, 0) is 37.3 Å². The molecule has 108 valence electrons. The molecule has 6 heteroatoms. The first-order valence-corrected chi connectivity index (χ1v) is 7.21. The van der Waals surface area contributed by atoms with Crippen molar-refractivity contribution in [3.05, 3.63) is 46.6 Å². The lowest BCUT2D eigenvalue weighted by Gasteiger charge is -2.04. The van der Waals surface area contributed by atoms with Crippen LogP contribution >= 0.6 is 23.2 Å². The zero-order valence-electron chi connectivity index (χ0n) is 11.3. The van der Waals surface area contributed by atoms with Crippen LogP contribution in [0, 0.1) is 0 Å². The lowest BCUT2D eigenvalue weighted by atomic mass is 10.1. The van der Waals surface area contributed by atoms with E-state index in [1.165, 1.54) is 0 Å². The van der Waals surface area contributed by atoms with Crippen molar-refractivity contribution in [3.63, 3.8) is 0 Å². The molecule has 2 aromatic heterocycles. The molecule has 0 saturated heterocycles. The van der Waals surface area contributed by atoms with Crippen molar-refractivity contribution in [2.75, 3.05) is 12.3 Å². The van der Waals surface area contributed by atoms with E-state index in [1.807, 2.05) is 31.2 Å². The molecule has 1 aromatic carbocycles. The van der Waals surface area contributed by atoms with Crippen LogP contribution < -0.4 is 10.5 Å². The SMILES string of the molecule is CCOc1ccc(-c2nc3c(Cl)cc(Cl)cn3c2N)cc1.